The van der Waals surface area contributed by atoms with Gasteiger partial charge in [-0.2, -0.15) is 5.26 Å². The van der Waals surface area contributed by atoms with Gasteiger partial charge in [0.15, 0.2) is 0 Å². The lowest BCUT2D eigenvalue weighted by Crippen LogP contribution is -2.28. The molecule has 1 aromatic carbocycles. The van der Waals surface area contributed by atoms with Gasteiger partial charge in [0.05, 0.1) is 23.4 Å². The zero-order valence-electron chi connectivity index (χ0n) is 12.3. The number of nitriles is 1. The number of hydrogen-bond donors (Lipinski definition) is 1. The number of aromatic nitrogens is 1. The summed E-state index contributed by atoms with van der Waals surface area (Å²) >= 11 is 0. The van der Waals surface area contributed by atoms with Crippen molar-refractivity contribution >= 4 is 0 Å². The smallest absolute Gasteiger partial charge is 0.0991 e. The summed E-state index contributed by atoms with van der Waals surface area (Å²) < 4.78 is 0. The molecule has 2 rings (SSSR count). The standard InChI is InChI=1S/C17H19N3O/c1-13(16-5-3-4-10-19-16)20(2)12-17(21)15-8-6-14(11-18)7-9-15/h3-10,13,17,21H,12H2,1-2H3. The number of pyridine rings is 1. The number of likely N-dealkylation sites (N-methyl/N-ethyl adjacent to an activating group) is 1. The predicted molar refractivity (Wildman–Crippen MR) is 81.4 cm³/mol. The summed E-state index contributed by atoms with van der Waals surface area (Å²) in [5, 5.41) is 19.1. The van der Waals surface area contributed by atoms with E-state index >= 15 is 0 Å². The van der Waals surface area contributed by atoms with Crippen LogP contribution < -0.4 is 0 Å². The first-order chi connectivity index (χ1) is 10.1. The van der Waals surface area contributed by atoms with E-state index < -0.39 is 6.10 Å². The minimum atomic E-state index is -0.589. The Balaban J connectivity index is 2.01. The molecule has 2 unspecified atom stereocenters. The van der Waals surface area contributed by atoms with Gasteiger partial charge in [0, 0.05) is 18.8 Å². The molecular formula is C17H19N3O. The molecule has 0 aliphatic rings. The highest BCUT2D eigenvalue weighted by Gasteiger charge is 2.17. The van der Waals surface area contributed by atoms with Gasteiger partial charge < -0.3 is 5.11 Å². The van der Waals surface area contributed by atoms with Gasteiger partial charge in [-0.25, -0.2) is 0 Å². The van der Waals surface area contributed by atoms with Crippen LogP contribution in [0.2, 0.25) is 0 Å². The van der Waals surface area contributed by atoms with Gasteiger partial charge in [-0.15, -0.1) is 0 Å². The van der Waals surface area contributed by atoms with E-state index in [1.807, 2.05) is 25.2 Å². The van der Waals surface area contributed by atoms with Crippen LogP contribution in [0.15, 0.2) is 48.7 Å². The first-order valence-corrected chi connectivity index (χ1v) is 6.91. The van der Waals surface area contributed by atoms with Crippen molar-refractivity contribution in [2.45, 2.75) is 19.1 Å². The lowest BCUT2D eigenvalue weighted by molar-refractivity contribution is 0.107. The first kappa shape index (κ1) is 15.2. The highest BCUT2D eigenvalue weighted by Crippen LogP contribution is 2.21. The third kappa shape index (κ3) is 3.88. The number of hydrogen-bond acceptors (Lipinski definition) is 4. The van der Waals surface area contributed by atoms with Crippen molar-refractivity contribution in [1.82, 2.24) is 9.88 Å². The molecule has 21 heavy (non-hydrogen) atoms. The summed E-state index contributed by atoms with van der Waals surface area (Å²) in [5.41, 5.74) is 2.39. The highest BCUT2D eigenvalue weighted by molar-refractivity contribution is 5.32. The molecule has 2 aromatic rings. The van der Waals surface area contributed by atoms with Gasteiger partial charge in [0.2, 0.25) is 0 Å². The summed E-state index contributed by atoms with van der Waals surface area (Å²) in [7, 11) is 1.96. The molecule has 0 radical (unpaired) electrons. The fraction of sp³-hybridized carbons (Fsp3) is 0.294. The van der Waals surface area contributed by atoms with Crippen LogP contribution in [0.25, 0.3) is 0 Å². The Labute approximate surface area is 125 Å². The molecule has 4 nitrogen and oxygen atoms in total. The fourth-order valence-corrected chi connectivity index (χ4v) is 2.17. The van der Waals surface area contributed by atoms with Crippen molar-refractivity contribution in [1.29, 1.82) is 5.26 Å². The van der Waals surface area contributed by atoms with Gasteiger partial charge in [-0.1, -0.05) is 18.2 Å². The Morgan fingerprint density at radius 2 is 1.95 bits per heavy atom. The van der Waals surface area contributed by atoms with Crippen molar-refractivity contribution in [2.75, 3.05) is 13.6 Å². The third-order valence-corrected chi connectivity index (χ3v) is 3.66. The maximum absolute atomic E-state index is 10.3. The molecule has 0 amide bonds. The number of nitrogens with zero attached hydrogens (tertiary/aromatic N) is 3. The lowest BCUT2D eigenvalue weighted by Gasteiger charge is -2.26. The largest absolute Gasteiger partial charge is 0.387 e. The number of aliphatic hydroxyl groups excluding tert-OH is 1. The molecule has 4 heteroatoms. The molecule has 1 N–H and O–H groups in total. The van der Waals surface area contributed by atoms with E-state index in [0.29, 0.717) is 12.1 Å². The second kappa shape index (κ2) is 6.98. The summed E-state index contributed by atoms with van der Waals surface area (Å²) in [6.45, 7) is 2.57. The molecule has 1 aromatic heterocycles. The molecule has 1 heterocycles. The van der Waals surface area contributed by atoms with Gasteiger partial charge in [-0.05, 0) is 43.8 Å². The van der Waals surface area contributed by atoms with Crippen LogP contribution in [0.3, 0.4) is 0 Å². The van der Waals surface area contributed by atoms with E-state index in [9.17, 15) is 5.11 Å². The van der Waals surface area contributed by atoms with Crippen LogP contribution in [0, 0.1) is 11.3 Å². The predicted octanol–water partition coefficient (Wildman–Crippen LogP) is 2.68. The molecular weight excluding hydrogens is 262 g/mol. The van der Waals surface area contributed by atoms with Gasteiger partial charge in [-0.3, -0.25) is 9.88 Å². The van der Waals surface area contributed by atoms with Crippen LogP contribution in [0.5, 0.6) is 0 Å². The summed E-state index contributed by atoms with van der Waals surface area (Å²) in [4.78, 5) is 6.40. The summed E-state index contributed by atoms with van der Waals surface area (Å²) in [5.74, 6) is 0. The molecule has 0 fully saturated rings. The average Bonchev–Trinajstić information content (AvgIpc) is 2.55. The van der Waals surface area contributed by atoms with Crippen molar-refractivity contribution in [2.24, 2.45) is 0 Å². The van der Waals surface area contributed by atoms with E-state index in [0.717, 1.165) is 11.3 Å². The quantitative estimate of drug-likeness (QED) is 0.915. The Bertz CT molecular complexity index is 604. The van der Waals surface area contributed by atoms with Crippen molar-refractivity contribution in [3.8, 4) is 6.07 Å². The maximum Gasteiger partial charge on any atom is 0.0991 e. The second-order valence-electron chi connectivity index (χ2n) is 5.12. The minimum Gasteiger partial charge on any atom is -0.387 e. The lowest BCUT2D eigenvalue weighted by atomic mass is 10.1. The molecule has 108 valence electrons. The average molecular weight is 281 g/mol. The van der Waals surface area contributed by atoms with E-state index in [1.165, 1.54) is 0 Å². The van der Waals surface area contributed by atoms with E-state index in [4.69, 9.17) is 5.26 Å². The van der Waals surface area contributed by atoms with Gasteiger partial charge >= 0.3 is 0 Å². The number of benzene rings is 1. The van der Waals surface area contributed by atoms with Crippen molar-refractivity contribution < 1.29 is 5.11 Å². The number of aliphatic hydroxyl groups is 1. The van der Waals surface area contributed by atoms with E-state index in [1.54, 1.807) is 30.5 Å². The van der Waals surface area contributed by atoms with Crippen molar-refractivity contribution in [3.63, 3.8) is 0 Å². The van der Waals surface area contributed by atoms with Crippen LogP contribution >= 0.6 is 0 Å². The van der Waals surface area contributed by atoms with Gasteiger partial charge in [0.1, 0.15) is 0 Å². The highest BCUT2D eigenvalue weighted by atomic mass is 16.3. The Hall–Kier alpha value is -2.22. The molecule has 0 bridgehead atoms. The third-order valence-electron chi connectivity index (χ3n) is 3.66. The normalized spacial score (nSPS) is 13.7. The van der Waals surface area contributed by atoms with E-state index in [-0.39, 0.29) is 6.04 Å². The topological polar surface area (TPSA) is 60.1 Å². The van der Waals surface area contributed by atoms with E-state index in [2.05, 4.69) is 22.9 Å². The number of rotatable bonds is 5. The molecule has 2 atom stereocenters. The molecule has 0 spiro atoms. The zero-order valence-corrected chi connectivity index (χ0v) is 12.3. The Kier molecular flexibility index (Phi) is 5.04. The molecule has 0 saturated carbocycles. The molecule has 0 saturated heterocycles. The van der Waals surface area contributed by atoms with Gasteiger partial charge in [0.25, 0.3) is 0 Å². The summed E-state index contributed by atoms with van der Waals surface area (Å²) in [6.07, 6.45) is 1.19. The molecule has 0 aliphatic heterocycles. The monoisotopic (exact) mass is 281 g/mol. The maximum atomic E-state index is 10.3. The zero-order chi connectivity index (χ0) is 15.2. The Morgan fingerprint density at radius 1 is 1.24 bits per heavy atom. The molecule has 0 aliphatic carbocycles. The van der Waals surface area contributed by atoms with Crippen molar-refractivity contribution in [3.05, 3.63) is 65.5 Å². The fourth-order valence-electron chi connectivity index (χ4n) is 2.17. The summed E-state index contributed by atoms with van der Waals surface area (Å²) in [6, 6.07) is 15.1. The van der Waals surface area contributed by atoms with Crippen LogP contribution in [0.4, 0.5) is 0 Å². The first-order valence-electron chi connectivity index (χ1n) is 6.91. The van der Waals surface area contributed by atoms with Crippen LogP contribution in [-0.2, 0) is 0 Å². The SMILES string of the molecule is CC(c1ccccn1)N(C)CC(O)c1ccc(C#N)cc1. The second-order valence-corrected chi connectivity index (χ2v) is 5.12. The van der Waals surface area contributed by atoms with Crippen LogP contribution in [-0.4, -0.2) is 28.6 Å². The van der Waals surface area contributed by atoms with Crippen LogP contribution in [0.1, 0.15) is 35.9 Å². The minimum absolute atomic E-state index is 0.124. The Morgan fingerprint density at radius 3 is 2.52 bits per heavy atom.